The molecule has 1 aromatic heterocycles. The van der Waals surface area contributed by atoms with Gasteiger partial charge in [-0.1, -0.05) is 12.2 Å². The fourth-order valence-corrected chi connectivity index (χ4v) is 5.68. The Labute approximate surface area is 202 Å². The van der Waals surface area contributed by atoms with E-state index < -0.39 is 28.4 Å². The summed E-state index contributed by atoms with van der Waals surface area (Å²) in [5.74, 6) is -0.236. The summed E-state index contributed by atoms with van der Waals surface area (Å²) in [6.07, 6.45) is -1.94. The average molecular weight is 526 g/mol. The molecule has 0 aromatic carbocycles. The number of sulfonamides is 1. The van der Waals surface area contributed by atoms with E-state index in [1.54, 1.807) is 6.20 Å². The molecule has 1 saturated heterocycles. The van der Waals surface area contributed by atoms with E-state index in [1.165, 1.54) is 7.11 Å². The highest BCUT2D eigenvalue weighted by molar-refractivity contribution is 7.89. The minimum Gasteiger partial charge on any atom is -0.480 e. The topological polar surface area (TPSA) is 106 Å². The molecular weight excluding hydrogens is 495 g/mol. The third-order valence-corrected chi connectivity index (χ3v) is 7.68. The lowest BCUT2D eigenvalue weighted by Crippen LogP contribution is -2.44. The first-order chi connectivity index (χ1) is 16.0. The fraction of sp³-hybridized carbons (Fsp3) is 0.750. The molecule has 1 aliphatic carbocycles. The number of methoxy groups -OCH3 is 1. The highest BCUT2D eigenvalue weighted by atomic mass is 32.2. The van der Waals surface area contributed by atoms with Crippen LogP contribution in [0.15, 0.2) is 6.20 Å². The molecule has 1 aliphatic heterocycles. The second-order valence-electron chi connectivity index (χ2n) is 8.54. The summed E-state index contributed by atoms with van der Waals surface area (Å²) >= 11 is 5.62. The second kappa shape index (κ2) is 11.3. The summed E-state index contributed by atoms with van der Waals surface area (Å²) in [5.41, 5.74) is 0.620. The van der Waals surface area contributed by atoms with Crippen LogP contribution < -0.4 is 14.8 Å². The van der Waals surface area contributed by atoms with Gasteiger partial charge in [0.1, 0.15) is 4.99 Å². The minimum absolute atomic E-state index is 0.00136. The summed E-state index contributed by atoms with van der Waals surface area (Å²) in [6, 6.07) is -0.388. The molecule has 0 amide bonds. The third-order valence-electron chi connectivity index (χ3n) is 5.77. The number of alkyl halides is 3. The first-order valence-electron chi connectivity index (χ1n) is 11.1. The third kappa shape index (κ3) is 7.89. The molecule has 2 fully saturated rings. The maximum Gasteiger partial charge on any atom is 0.390 e. The molecule has 34 heavy (non-hydrogen) atoms. The zero-order valence-corrected chi connectivity index (χ0v) is 20.7. The SMILES string of the molecule is COc1nc(N[C@H]2CC[C@H](NS(=O)(=O)CCC(F)(F)F)CC2)ncc1C(=S)N1CCOC(C)C1. The summed E-state index contributed by atoms with van der Waals surface area (Å²) in [5, 5.41) is 3.23. The van der Waals surface area contributed by atoms with Gasteiger partial charge in [0, 0.05) is 31.4 Å². The predicted molar refractivity (Wildman–Crippen MR) is 125 cm³/mol. The molecule has 2 heterocycles. The van der Waals surface area contributed by atoms with E-state index in [4.69, 9.17) is 21.7 Å². The van der Waals surface area contributed by atoms with Crippen LogP contribution in [0.3, 0.4) is 0 Å². The Hall–Kier alpha value is -1.77. The summed E-state index contributed by atoms with van der Waals surface area (Å²) in [7, 11) is -2.47. The maximum absolute atomic E-state index is 12.3. The van der Waals surface area contributed by atoms with Crippen molar-refractivity contribution in [1.29, 1.82) is 0 Å². The zero-order chi connectivity index (χ0) is 24.9. The Balaban J connectivity index is 1.53. The lowest BCUT2D eigenvalue weighted by atomic mass is 9.92. The van der Waals surface area contributed by atoms with Crippen molar-refractivity contribution in [1.82, 2.24) is 19.6 Å². The number of hydrogen-bond acceptors (Lipinski definition) is 8. The molecular formula is C20H30F3N5O4S2. The van der Waals surface area contributed by atoms with Gasteiger partial charge in [-0.3, -0.25) is 0 Å². The number of aromatic nitrogens is 2. The first kappa shape index (κ1) is 26.8. The number of anilines is 1. The number of hydrogen-bond donors (Lipinski definition) is 2. The number of rotatable bonds is 8. The van der Waals surface area contributed by atoms with Gasteiger partial charge in [0.15, 0.2) is 0 Å². The molecule has 0 radical (unpaired) electrons. The molecule has 0 spiro atoms. The van der Waals surface area contributed by atoms with Gasteiger partial charge < -0.3 is 19.7 Å². The van der Waals surface area contributed by atoms with Gasteiger partial charge in [-0.2, -0.15) is 18.2 Å². The van der Waals surface area contributed by atoms with Crippen molar-refractivity contribution in [2.45, 2.75) is 63.4 Å². The van der Waals surface area contributed by atoms with Crippen molar-refractivity contribution in [3.63, 3.8) is 0 Å². The molecule has 9 nitrogen and oxygen atoms in total. The van der Waals surface area contributed by atoms with Crippen molar-refractivity contribution < 1.29 is 31.1 Å². The fourth-order valence-electron chi connectivity index (χ4n) is 4.01. The largest absolute Gasteiger partial charge is 0.480 e. The van der Waals surface area contributed by atoms with Gasteiger partial charge in [0.05, 0.1) is 37.6 Å². The van der Waals surface area contributed by atoms with E-state index in [0.29, 0.717) is 67.8 Å². The summed E-state index contributed by atoms with van der Waals surface area (Å²) < 4.78 is 74.2. The molecule has 2 N–H and O–H groups in total. The molecule has 14 heteroatoms. The average Bonchev–Trinajstić information content (AvgIpc) is 2.78. The van der Waals surface area contributed by atoms with Crippen molar-refractivity contribution >= 4 is 33.2 Å². The lowest BCUT2D eigenvalue weighted by molar-refractivity contribution is -0.130. The Morgan fingerprint density at radius 2 is 1.97 bits per heavy atom. The number of nitrogens with one attached hydrogen (secondary N) is 2. The van der Waals surface area contributed by atoms with Crippen molar-refractivity contribution in [2.24, 2.45) is 0 Å². The van der Waals surface area contributed by atoms with Gasteiger partial charge in [-0.25, -0.2) is 18.1 Å². The number of halogens is 3. The molecule has 1 saturated carbocycles. The predicted octanol–water partition coefficient (Wildman–Crippen LogP) is 2.48. The molecule has 192 valence electrons. The highest BCUT2D eigenvalue weighted by Crippen LogP contribution is 2.25. The smallest absolute Gasteiger partial charge is 0.390 e. The van der Waals surface area contributed by atoms with Gasteiger partial charge >= 0.3 is 6.18 Å². The van der Waals surface area contributed by atoms with E-state index in [1.807, 2.05) is 11.8 Å². The Morgan fingerprint density at radius 3 is 2.59 bits per heavy atom. The van der Waals surface area contributed by atoms with E-state index >= 15 is 0 Å². The minimum atomic E-state index is -4.50. The van der Waals surface area contributed by atoms with Gasteiger partial charge in [0.25, 0.3) is 0 Å². The van der Waals surface area contributed by atoms with Gasteiger partial charge in [-0.15, -0.1) is 0 Å². The van der Waals surface area contributed by atoms with Crippen LogP contribution in [0.4, 0.5) is 19.1 Å². The van der Waals surface area contributed by atoms with Crippen LogP contribution in [0.1, 0.15) is 44.6 Å². The van der Waals surface area contributed by atoms with Crippen molar-refractivity contribution in [3.05, 3.63) is 11.8 Å². The summed E-state index contributed by atoms with van der Waals surface area (Å²) in [6.45, 7) is 3.92. The summed E-state index contributed by atoms with van der Waals surface area (Å²) in [4.78, 5) is 11.4. The van der Waals surface area contributed by atoms with Crippen LogP contribution >= 0.6 is 12.2 Å². The van der Waals surface area contributed by atoms with E-state index in [2.05, 4.69) is 20.0 Å². The van der Waals surface area contributed by atoms with Crippen molar-refractivity contribution in [2.75, 3.05) is 37.9 Å². The Bertz CT molecular complexity index is 956. The normalized spacial score (nSPS) is 24.0. The molecule has 2 aliphatic rings. The maximum atomic E-state index is 12.3. The quantitative estimate of drug-likeness (QED) is 0.495. The highest BCUT2D eigenvalue weighted by Gasteiger charge is 2.32. The van der Waals surface area contributed by atoms with Crippen LogP contribution in [0.25, 0.3) is 0 Å². The number of ether oxygens (including phenoxy) is 2. The molecule has 3 rings (SSSR count). The van der Waals surface area contributed by atoms with Crippen LogP contribution in [0, 0.1) is 0 Å². The zero-order valence-electron chi connectivity index (χ0n) is 19.1. The number of morpholine rings is 1. The molecule has 1 atom stereocenters. The van der Waals surface area contributed by atoms with Crippen molar-refractivity contribution in [3.8, 4) is 5.88 Å². The van der Waals surface area contributed by atoms with Crippen LogP contribution in [-0.2, 0) is 14.8 Å². The standard InChI is InChI=1S/C20H30F3N5O4S2/c1-13-12-28(8-9-32-13)18(33)16-11-24-19(26-17(16)31-2)25-14-3-5-15(6-4-14)27-34(29,30)10-7-20(21,22)23/h11,13-15,27H,3-10,12H2,1-2H3,(H,24,25,26)/t13?,14-,15-. The second-order valence-corrected chi connectivity index (χ2v) is 10.8. The van der Waals surface area contributed by atoms with E-state index in [-0.39, 0.29) is 18.2 Å². The monoisotopic (exact) mass is 525 g/mol. The van der Waals surface area contributed by atoms with Crippen LogP contribution in [0.5, 0.6) is 5.88 Å². The Kier molecular flexibility index (Phi) is 8.93. The van der Waals surface area contributed by atoms with E-state index in [0.717, 1.165) is 0 Å². The molecule has 0 bridgehead atoms. The number of nitrogens with zero attached hydrogens (tertiary/aromatic N) is 3. The lowest BCUT2D eigenvalue weighted by Gasteiger charge is -2.33. The van der Waals surface area contributed by atoms with E-state index in [9.17, 15) is 21.6 Å². The number of thiocarbonyl (C=S) groups is 1. The Morgan fingerprint density at radius 1 is 1.29 bits per heavy atom. The van der Waals surface area contributed by atoms with Gasteiger partial charge in [0.2, 0.25) is 21.9 Å². The molecule has 1 aromatic rings. The van der Waals surface area contributed by atoms with Gasteiger partial charge in [-0.05, 0) is 32.6 Å². The molecule has 1 unspecified atom stereocenters. The first-order valence-corrected chi connectivity index (χ1v) is 13.2. The van der Waals surface area contributed by atoms with Crippen LogP contribution in [0.2, 0.25) is 0 Å². The van der Waals surface area contributed by atoms with Crippen LogP contribution in [-0.4, -0.2) is 85.2 Å².